The smallest absolute Gasteiger partial charge is 0.340 e. The summed E-state index contributed by atoms with van der Waals surface area (Å²) in [6, 6.07) is 23.9. The number of hydrogen-bond acceptors (Lipinski definition) is 3. The van der Waals surface area contributed by atoms with E-state index in [9.17, 15) is 4.79 Å². The number of rotatable bonds is 4. The molecular weight excluding hydrogens is 342 g/mol. The summed E-state index contributed by atoms with van der Waals surface area (Å²) in [7, 11) is 1.42. The molecule has 0 aliphatic rings. The molecule has 26 heavy (non-hydrogen) atoms. The minimum absolute atomic E-state index is 0.346. The van der Waals surface area contributed by atoms with Gasteiger partial charge in [0.05, 0.1) is 28.9 Å². The van der Waals surface area contributed by atoms with Gasteiger partial charge in [0, 0.05) is 5.56 Å². The first-order chi connectivity index (χ1) is 12.8. The maximum Gasteiger partial charge on any atom is 0.340 e. The Morgan fingerprint density at radius 1 is 0.846 bits per heavy atom. The Balaban J connectivity index is 2.07. The van der Waals surface area contributed by atoms with Gasteiger partial charge in [-0.2, -0.15) is 0 Å². The van der Waals surface area contributed by atoms with E-state index in [1.165, 1.54) is 7.11 Å². The fourth-order valence-corrected chi connectivity index (χ4v) is 3.86. The first-order valence-electron chi connectivity index (χ1n) is 8.28. The van der Waals surface area contributed by atoms with Crippen molar-refractivity contribution >= 4 is 17.3 Å². The number of carbonyl (C=O) groups excluding carboxylic acids is 1. The molecule has 128 valence electrons. The second kappa shape index (κ2) is 7.02. The Bertz CT molecular complexity index is 1020. The van der Waals surface area contributed by atoms with Crippen molar-refractivity contribution in [2.45, 2.75) is 0 Å². The number of aromatic nitrogens is 1. The van der Waals surface area contributed by atoms with Crippen LogP contribution in [0, 0.1) is 0 Å². The van der Waals surface area contributed by atoms with E-state index in [0.717, 1.165) is 33.0 Å². The van der Waals surface area contributed by atoms with Crippen LogP contribution in [0.15, 0.2) is 78.2 Å². The summed E-state index contributed by atoms with van der Waals surface area (Å²) in [6.07, 6.45) is 0. The van der Waals surface area contributed by atoms with Gasteiger partial charge in [-0.25, -0.2) is 4.79 Å². The third kappa shape index (κ3) is 2.85. The molecule has 0 spiro atoms. The van der Waals surface area contributed by atoms with Gasteiger partial charge in [0.15, 0.2) is 0 Å². The maximum atomic E-state index is 12.7. The van der Waals surface area contributed by atoms with E-state index in [-0.39, 0.29) is 5.97 Å². The van der Waals surface area contributed by atoms with E-state index in [0.29, 0.717) is 5.56 Å². The number of carbonyl (C=O) groups is 1. The highest BCUT2D eigenvalue weighted by Gasteiger charge is 2.26. The molecule has 0 amide bonds. The molecule has 4 aromatic rings. The van der Waals surface area contributed by atoms with Gasteiger partial charge in [0.2, 0.25) is 0 Å². The SMILES string of the molecule is COC(=O)c1c(-c2ccccc2)[nH]c(-c2cccs2)c1-c1ccccc1. The van der Waals surface area contributed by atoms with Crippen LogP contribution in [0.2, 0.25) is 0 Å². The molecular formula is C22H17NO2S. The van der Waals surface area contributed by atoms with Gasteiger partial charge < -0.3 is 9.72 Å². The summed E-state index contributed by atoms with van der Waals surface area (Å²) < 4.78 is 5.14. The van der Waals surface area contributed by atoms with Crippen molar-refractivity contribution in [2.24, 2.45) is 0 Å². The Labute approximate surface area is 155 Å². The molecule has 0 radical (unpaired) electrons. The van der Waals surface area contributed by atoms with Gasteiger partial charge in [-0.1, -0.05) is 66.7 Å². The number of benzene rings is 2. The van der Waals surface area contributed by atoms with Crippen LogP contribution < -0.4 is 0 Å². The lowest BCUT2D eigenvalue weighted by atomic mass is 9.97. The van der Waals surface area contributed by atoms with Gasteiger partial charge in [0.25, 0.3) is 0 Å². The molecule has 0 bridgehead atoms. The van der Waals surface area contributed by atoms with Crippen molar-refractivity contribution in [1.82, 2.24) is 4.98 Å². The second-order valence-electron chi connectivity index (χ2n) is 5.83. The molecule has 0 aliphatic carbocycles. The number of methoxy groups -OCH3 is 1. The summed E-state index contributed by atoms with van der Waals surface area (Å²) in [6.45, 7) is 0. The lowest BCUT2D eigenvalue weighted by molar-refractivity contribution is 0.0602. The Morgan fingerprint density at radius 3 is 2.08 bits per heavy atom. The maximum absolute atomic E-state index is 12.7. The van der Waals surface area contributed by atoms with Crippen LogP contribution >= 0.6 is 11.3 Å². The molecule has 0 atom stereocenters. The number of ether oxygens (including phenoxy) is 1. The number of esters is 1. The van der Waals surface area contributed by atoms with Gasteiger partial charge in [-0.3, -0.25) is 0 Å². The van der Waals surface area contributed by atoms with Crippen molar-refractivity contribution < 1.29 is 9.53 Å². The highest BCUT2D eigenvalue weighted by molar-refractivity contribution is 7.13. The topological polar surface area (TPSA) is 42.1 Å². The van der Waals surface area contributed by atoms with Gasteiger partial charge >= 0.3 is 5.97 Å². The Morgan fingerprint density at radius 2 is 1.50 bits per heavy atom. The fraction of sp³-hybridized carbons (Fsp3) is 0.0455. The molecule has 4 heteroatoms. The zero-order chi connectivity index (χ0) is 17.9. The minimum atomic E-state index is -0.346. The van der Waals surface area contributed by atoms with Crippen LogP contribution in [-0.2, 0) is 4.74 Å². The lowest BCUT2D eigenvalue weighted by Crippen LogP contribution is -2.03. The highest BCUT2D eigenvalue weighted by atomic mass is 32.1. The molecule has 2 aromatic heterocycles. The molecule has 2 aromatic carbocycles. The number of hydrogen-bond donors (Lipinski definition) is 1. The number of thiophene rings is 1. The largest absolute Gasteiger partial charge is 0.465 e. The van der Waals surface area contributed by atoms with E-state index >= 15 is 0 Å². The second-order valence-corrected chi connectivity index (χ2v) is 6.77. The summed E-state index contributed by atoms with van der Waals surface area (Å²) in [4.78, 5) is 17.3. The first kappa shape index (κ1) is 16.4. The molecule has 3 nitrogen and oxygen atoms in total. The van der Waals surface area contributed by atoms with E-state index < -0.39 is 0 Å². The molecule has 0 aliphatic heterocycles. The number of aromatic amines is 1. The van der Waals surface area contributed by atoms with Crippen LogP contribution in [0.3, 0.4) is 0 Å². The fourth-order valence-electron chi connectivity index (χ4n) is 3.13. The summed E-state index contributed by atoms with van der Waals surface area (Å²) in [5.74, 6) is -0.346. The molecule has 1 N–H and O–H groups in total. The van der Waals surface area contributed by atoms with E-state index in [1.54, 1.807) is 11.3 Å². The standard InChI is InChI=1S/C22H17NO2S/c1-25-22(24)19-18(15-9-4-2-5-10-15)21(17-13-8-14-26-17)23-20(19)16-11-6-3-7-12-16/h2-14,23H,1H3. The van der Waals surface area contributed by atoms with E-state index in [4.69, 9.17) is 4.74 Å². The lowest BCUT2D eigenvalue weighted by Gasteiger charge is -2.07. The Hall–Kier alpha value is -3.11. The van der Waals surface area contributed by atoms with Crippen molar-refractivity contribution in [3.05, 3.63) is 83.7 Å². The van der Waals surface area contributed by atoms with Gasteiger partial charge in [-0.15, -0.1) is 11.3 Å². The number of H-pyrrole nitrogens is 1. The predicted molar refractivity (Wildman–Crippen MR) is 106 cm³/mol. The third-order valence-electron chi connectivity index (χ3n) is 4.28. The van der Waals surface area contributed by atoms with Crippen molar-refractivity contribution in [2.75, 3.05) is 7.11 Å². The van der Waals surface area contributed by atoms with Crippen LogP contribution in [0.5, 0.6) is 0 Å². The zero-order valence-corrected chi connectivity index (χ0v) is 15.0. The molecule has 0 saturated heterocycles. The summed E-state index contributed by atoms with van der Waals surface area (Å²) in [5.41, 5.74) is 5.08. The normalized spacial score (nSPS) is 10.7. The zero-order valence-electron chi connectivity index (χ0n) is 14.2. The van der Waals surface area contributed by atoms with E-state index in [1.807, 2.05) is 72.1 Å². The first-order valence-corrected chi connectivity index (χ1v) is 9.16. The monoisotopic (exact) mass is 359 g/mol. The average molecular weight is 359 g/mol. The number of nitrogens with one attached hydrogen (secondary N) is 1. The molecule has 4 rings (SSSR count). The Kier molecular flexibility index (Phi) is 4.42. The van der Waals surface area contributed by atoms with Gasteiger partial charge in [0.1, 0.15) is 0 Å². The van der Waals surface area contributed by atoms with Crippen LogP contribution in [0.1, 0.15) is 10.4 Å². The summed E-state index contributed by atoms with van der Waals surface area (Å²) in [5, 5.41) is 2.03. The van der Waals surface area contributed by atoms with Crippen molar-refractivity contribution in [3.63, 3.8) is 0 Å². The molecule has 0 unspecified atom stereocenters. The van der Waals surface area contributed by atoms with Crippen molar-refractivity contribution in [1.29, 1.82) is 0 Å². The third-order valence-corrected chi connectivity index (χ3v) is 5.17. The van der Waals surface area contributed by atoms with Crippen molar-refractivity contribution in [3.8, 4) is 33.0 Å². The molecule has 0 fully saturated rings. The summed E-state index contributed by atoms with van der Waals surface area (Å²) >= 11 is 1.64. The quantitative estimate of drug-likeness (QED) is 0.463. The van der Waals surface area contributed by atoms with Gasteiger partial charge in [-0.05, 0) is 22.6 Å². The van der Waals surface area contributed by atoms with Crippen LogP contribution in [0.25, 0.3) is 33.0 Å². The van der Waals surface area contributed by atoms with Crippen LogP contribution in [-0.4, -0.2) is 18.1 Å². The average Bonchev–Trinajstić information content (AvgIpc) is 3.36. The van der Waals surface area contributed by atoms with Crippen LogP contribution in [0.4, 0.5) is 0 Å². The highest BCUT2D eigenvalue weighted by Crippen LogP contribution is 2.42. The molecule has 0 saturated carbocycles. The van der Waals surface area contributed by atoms with E-state index in [2.05, 4.69) is 11.1 Å². The minimum Gasteiger partial charge on any atom is -0.465 e. The molecule has 2 heterocycles. The predicted octanol–water partition coefficient (Wildman–Crippen LogP) is 5.86.